The monoisotopic (exact) mass is 834 g/mol. The number of benzene rings is 3. The minimum absolute atomic E-state index is 0.0335. The van der Waals surface area contributed by atoms with E-state index in [0.29, 0.717) is 86.8 Å². The first-order chi connectivity index (χ1) is 29.0. The molecule has 2 heterocycles. The molecule has 2 amide bonds. The molecule has 4 aromatic rings. The van der Waals surface area contributed by atoms with Gasteiger partial charge in [-0.3, -0.25) is 19.4 Å². The first-order valence-electron chi connectivity index (χ1n) is 20.2. The van der Waals surface area contributed by atoms with Gasteiger partial charge in [0.15, 0.2) is 0 Å². The number of rotatable bonds is 23. The van der Waals surface area contributed by atoms with E-state index in [-0.39, 0.29) is 31.0 Å². The Bertz CT molecular complexity index is 2010. The van der Waals surface area contributed by atoms with Gasteiger partial charge in [-0.05, 0) is 105 Å². The molecule has 3 aromatic carbocycles. The highest BCUT2D eigenvalue weighted by molar-refractivity contribution is 6.06. The van der Waals surface area contributed by atoms with E-state index in [4.69, 9.17) is 24.1 Å². The molecule has 1 aliphatic rings. The van der Waals surface area contributed by atoms with Crippen molar-refractivity contribution in [3.8, 4) is 11.3 Å². The van der Waals surface area contributed by atoms with Crippen molar-refractivity contribution in [2.75, 3.05) is 69.6 Å². The molecule has 5 rings (SSSR count). The van der Waals surface area contributed by atoms with Crippen molar-refractivity contribution >= 4 is 29.2 Å². The SMILES string of the molecule is CC1CCCCN1c1ccc(NC(=O)c2cccc(CCCOCCOCCOCCOCCC(=O)O)c2)c(-c2cc(C(=O)NCc3cccc(C(F)(F)F)c3)ccn2)c1. The molecule has 1 aliphatic heterocycles. The van der Waals surface area contributed by atoms with E-state index < -0.39 is 23.6 Å². The van der Waals surface area contributed by atoms with E-state index in [1.165, 1.54) is 24.4 Å². The molecule has 12 nitrogen and oxygen atoms in total. The van der Waals surface area contributed by atoms with Crippen LogP contribution in [0.5, 0.6) is 0 Å². The molecule has 3 N–H and O–H groups in total. The molecule has 0 saturated carbocycles. The first kappa shape index (κ1) is 45.7. The quantitative estimate of drug-likeness (QED) is 0.0633. The van der Waals surface area contributed by atoms with Crippen LogP contribution >= 0.6 is 0 Å². The number of alkyl halides is 3. The fourth-order valence-electron chi connectivity index (χ4n) is 6.74. The first-order valence-corrected chi connectivity index (χ1v) is 20.2. The number of carbonyl (C=O) groups excluding carboxylic acids is 2. The molecule has 322 valence electrons. The van der Waals surface area contributed by atoms with E-state index in [0.717, 1.165) is 55.6 Å². The van der Waals surface area contributed by atoms with Crippen molar-refractivity contribution in [2.45, 2.75) is 64.2 Å². The van der Waals surface area contributed by atoms with Crippen LogP contribution in [0.2, 0.25) is 0 Å². The van der Waals surface area contributed by atoms with E-state index >= 15 is 0 Å². The third-order valence-corrected chi connectivity index (χ3v) is 9.91. The minimum atomic E-state index is -4.49. The summed E-state index contributed by atoms with van der Waals surface area (Å²) in [4.78, 5) is 44.4. The molecule has 15 heteroatoms. The summed E-state index contributed by atoms with van der Waals surface area (Å²) in [6, 6.07) is 21.5. The second-order valence-electron chi connectivity index (χ2n) is 14.4. The topological polar surface area (TPSA) is 149 Å². The average molecular weight is 835 g/mol. The Balaban J connectivity index is 1.16. The summed E-state index contributed by atoms with van der Waals surface area (Å²) in [6.07, 6.45) is 1.68. The normalized spacial score (nSPS) is 14.2. The van der Waals surface area contributed by atoms with E-state index in [1.54, 1.807) is 12.1 Å². The van der Waals surface area contributed by atoms with Gasteiger partial charge in [-0.15, -0.1) is 0 Å². The van der Waals surface area contributed by atoms with Gasteiger partial charge >= 0.3 is 12.1 Å². The number of nitrogens with one attached hydrogen (secondary N) is 2. The van der Waals surface area contributed by atoms with E-state index in [9.17, 15) is 27.6 Å². The van der Waals surface area contributed by atoms with Crippen LogP contribution < -0.4 is 15.5 Å². The molecular formula is C45H53F3N4O8. The molecule has 0 radical (unpaired) electrons. The number of ether oxygens (including phenoxy) is 4. The lowest BCUT2D eigenvalue weighted by molar-refractivity contribution is -0.139. The Morgan fingerprint density at radius 1 is 0.783 bits per heavy atom. The molecule has 1 saturated heterocycles. The summed E-state index contributed by atoms with van der Waals surface area (Å²) in [6.45, 7) is 6.01. The maximum atomic E-state index is 13.7. The number of hydrogen-bond acceptors (Lipinski definition) is 9. The second kappa shape index (κ2) is 23.4. The molecule has 1 fully saturated rings. The number of piperidine rings is 1. The number of hydrogen-bond donors (Lipinski definition) is 3. The van der Waals surface area contributed by atoms with Crippen LogP contribution in [0.25, 0.3) is 11.3 Å². The van der Waals surface area contributed by atoms with Crippen LogP contribution in [0.15, 0.2) is 85.1 Å². The van der Waals surface area contributed by atoms with Gasteiger partial charge in [0.25, 0.3) is 11.8 Å². The summed E-state index contributed by atoms with van der Waals surface area (Å²) >= 11 is 0. The Morgan fingerprint density at radius 3 is 2.18 bits per heavy atom. The largest absolute Gasteiger partial charge is 0.481 e. The number of halogens is 3. The van der Waals surface area contributed by atoms with Crippen LogP contribution in [-0.4, -0.2) is 93.3 Å². The van der Waals surface area contributed by atoms with Crippen molar-refractivity contribution in [2.24, 2.45) is 0 Å². The zero-order valence-corrected chi connectivity index (χ0v) is 33.8. The average Bonchev–Trinajstić information content (AvgIpc) is 3.24. The Morgan fingerprint density at radius 2 is 1.47 bits per heavy atom. The number of carboxylic acids is 1. The van der Waals surface area contributed by atoms with Crippen LogP contribution in [0, 0.1) is 0 Å². The van der Waals surface area contributed by atoms with Gasteiger partial charge in [0.1, 0.15) is 0 Å². The zero-order chi connectivity index (χ0) is 42.7. The maximum absolute atomic E-state index is 13.7. The van der Waals surface area contributed by atoms with Crippen molar-refractivity contribution < 1.29 is 51.6 Å². The molecule has 60 heavy (non-hydrogen) atoms. The van der Waals surface area contributed by atoms with Gasteiger partial charge < -0.3 is 39.6 Å². The van der Waals surface area contributed by atoms with Crippen LogP contribution in [0.3, 0.4) is 0 Å². The summed E-state index contributed by atoms with van der Waals surface area (Å²) in [5, 5.41) is 14.4. The number of nitrogens with zero attached hydrogens (tertiary/aromatic N) is 2. The fraction of sp³-hybridized carbons (Fsp3) is 0.422. The molecule has 1 unspecified atom stereocenters. The lowest BCUT2D eigenvalue weighted by Gasteiger charge is -2.35. The summed E-state index contributed by atoms with van der Waals surface area (Å²) < 4.78 is 61.5. The lowest BCUT2D eigenvalue weighted by Crippen LogP contribution is -2.37. The molecule has 0 spiro atoms. The van der Waals surface area contributed by atoms with Crippen molar-refractivity contribution in [1.29, 1.82) is 0 Å². The summed E-state index contributed by atoms with van der Waals surface area (Å²) in [7, 11) is 0. The van der Waals surface area contributed by atoms with Crippen LogP contribution in [0.1, 0.15) is 76.4 Å². The standard InChI is InChI=1S/C45H53F3N4O8/c1-32-7-2-3-18-52(32)38-13-14-40(39(30-38)41-29-36(15-17-49-41)43(55)50-31-34-9-5-12-37(28-34)45(46,47)48)51-44(56)35-11-4-8-33(27-35)10-6-19-57-21-23-59-25-26-60-24-22-58-20-16-42(53)54/h4-5,8-9,11-15,17,27-30,32H,2-3,6-7,10,16,18-26,31H2,1H3,(H,50,55)(H,51,56)(H,53,54). The van der Waals surface area contributed by atoms with Gasteiger partial charge in [0.05, 0.1) is 69.6 Å². The Kier molecular flexibility index (Phi) is 17.9. The molecular weight excluding hydrogens is 782 g/mol. The highest BCUT2D eigenvalue weighted by Crippen LogP contribution is 2.35. The van der Waals surface area contributed by atoms with Crippen LogP contribution in [0.4, 0.5) is 24.5 Å². The predicted octanol–water partition coefficient (Wildman–Crippen LogP) is 7.80. The lowest BCUT2D eigenvalue weighted by atomic mass is 10.00. The van der Waals surface area contributed by atoms with Crippen LogP contribution in [-0.2, 0) is 42.9 Å². The van der Waals surface area contributed by atoms with Crippen molar-refractivity contribution in [1.82, 2.24) is 10.3 Å². The number of pyridine rings is 1. The zero-order valence-electron chi connectivity index (χ0n) is 33.8. The Labute approximate surface area is 348 Å². The molecule has 1 atom stereocenters. The van der Waals surface area contributed by atoms with Gasteiger partial charge in [-0.25, -0.2) is 0 Å². The Hall–Kier alpha value is -5.35. The minimum Gasteiger partial charge on any atom is -0.481 e. The van der Waals surface area contributed by atoms with Gasteiger partial charge in [0, 0.05) is 54.3 Å². The number of anilines is 2. The maximum Gasteiger partial charge on any atom is 0.416 e. The number of aryl methyl sites for hydroxylation is 1. The highest BCUT2D eigenvalue weighted by Gasteiger charge is 2.30. The van der Waals surface area contributed by atoms with Gasteiger partial charge in [-0.2, -0.15) is 13.2 Å². The molecule has 0 bridgehead atoms. The van der Waals surface area contributed by atoms with Gasteiger partial charge in [0.2, 0.25) is 0 Å². The third kappa shape index (κ3) is 14.7. The van der Waals surface area contributed by atoms with Crippen molar-refractivity contribution in [3.63, 3.8) is 0 Å². The number of carboxylic acid groups (broad SMARTS) is 1. The van der Waals surface area contributed by atoms with E-state index in [2.05, 4.69) is 27.4 Å². The summed E-state index contributed by atoms with van der Waals surface area (Å²) in [5.41, 5.74) is 3.81. The second-order valence-corrected chi connectivity index (χ2v) is 14.4. The van der Waals surface area contributed by atoms with Gasteiger partial charge in [-0.1, -0.05) is 24.3 Å². The predicted molar refractivity (Wildman–Crippen MR) is 221 cm³/mol. The van der Waals surface area contributed by atoms with E-state index in [1.807, 2.05) is 36.4 Å². The third-order valence-electron chi connectivity index (χ3n) is 9.91. The number of aromatic nitrogens is 1. The van der Waals surface area contributed by atoms with Crippen molar-refractivity contribution in [3.05, 3.63) is 113 Å². The number of carbonyl (C=O) groups is 3. The summed E-state index contributed by atoms with van der Waals surface area (Å²) in [5.74, 6) is -1.68. The fourth-order valence-corrected chi connectivity index (χ4v) is 6.74. The smallest absolute Gasteiger partial charge is 0.416 e. The molecule has 0 aliphatic carbocycles. The highest BCUT2D eigenvalue weighted by atomic mass is 19.4. The number of amides is 2. The number of aliphatic carboxylic acids is 1. The molecule has 1 aromatic heterocycles.